The number of hydrogen-bond donors (Lipinski definition) is 1. The van der Waals surface area contributed by atoms with Gasteiger partial charge >= 0.3 is 0 Å². The van der Waals surface area contributed by atoms with E-state index in [2.05, 4.69) is 5.32 Å². The number of carbonyl (C=O) groups is 1. The summed E-state index contributed by atoms with van der Waals surface area (Å²) in [5.41, 5.74) is 1.86. The van der Waals surface area contributed by atoms with E-state index in [1.165, 1.54) is 6.92 Å². The largest absolute Gasteiger partial charge is 0.326 e. The molecule has 0 unspecified atom stereocenters. The van der Waals surface area contributed by atoms with E-state index in [9.17, 15) is 4.79 Å². The van der Waals surface area contributed by atoms with E-state index in [4.69, 9.17) is 6.92 Å². The first-order valence-electron chi connectivity index (χ1n) is 3.79. The molecule has 0 saturated heterocycles. The molecule has 2 nitrogen and oxygen atoms in total. The van der Waals surface area contributed by atoms with Crippen LogP contribution in [0.15, 0.2) is 24.3 Å². The molecule has 2 radical (unpaired) electrons. The monoisotopic (exact) mass is 161 g/mol. The molecule has 0 aliphatic rings. The summed E-state index contributed by atoms with van der Waals surface area (Å²) in [4.78, 5) is 10.6. The van der Waals surface area contributed by atoms with Crippen molar-refractivity contribution in [1.82, 2.24) is 0 Å². The van der Waals surface area contributed by atoms with Gasteiger partial charge in [0.2, 0.25) is 5.91 Å². The fourth-order valence-electron chi connectivity index (χ4n) is 0.927. The van der Waals surface area contributed by atoms with Crippen molar-refractivity contribution in [2.24, 2.45) is 0 Å². The second kappa shape index (κ2) is 3.90. The molecule has 2 heteroatoms. The van der Waals surface area contributed by atoms with Crippen molar-refractivity contribution in [1.29, 1.82) is 0 Å². The summed E-state index contributed by atoms with van der Waals surface area (Å²) in [5, 5.41) is 2.68. The van der Waals surface area contributed by atoms with Crippen molar-refractivity contribution in [2.45, 2.75) is 13.3 Å². The zero-order valence-electron chi connectivity index (χ0n) is 7.00. The maximum Gasteiger partial charge on any atom is 0.221 e. The Kier molecular flexibility index (Phi) is 2.86. The van der Waals surface area contributed by atoms with E-state index in [1.807, 2.05) is 24.3 Å². The van der Waals surface area contributed by atoms with Crippen molar-refractivity contribution in [3.05, 3.63) is 36.8 Å². The Hall–Kier alpha value is -1.31. The van der Waals surface area contributed by atoms with Crippen molar-refractivity contribution in [3.63, 3.8) is 0 Å². The molecule has 62 valence electrons. The summed E-state index contributed by atoms with van der Waals surface area (Å²) in [5.74, 6) is -0.0597. The minimum absolute atomic E-state index is 0.0597. The number of benzene rings is 1. The fourth-order valence-corrected chi connectivity index (χ4v) is 0.927. The lowest BCUT2D eigenvalue weighted by Gasteiger charge is -2.01. The van der Waals surface area contributed by atoms with Crippen LogP contribution in [0.5, 0.6) is 0 Å². The Morgan fingerprint density at radius 2 is 2.00 bits per heavy atom. The first-order chi connectivity index (χ1) is 5.72. The van der Waals surface area contributed by atoms with Gasteiger partial charge in [-0.3, -0.25) is 4.79 Å². The van der Waals surface area contributed by atoms with Crippen LogP contribution in [-0.4, -0.2) is 5.91 Å². The molecule has 0 aromatic heterocycles. The molecular formula is C10H11NO. The Balaban J connectivity index is 2.71. The molecular weight excluding hydrogens is 150 g/mol. The number of anilines is 1. The van der Waals surface area contributed by atoms with Crippen LogP contribution < -0.4 is 5.32 Å². The van der Waals surface area contributed by atoms with Crippen LogP contribution in [0.4, 0.5) is 5.69 Å². The average Bonchev–Trinajstić information content (AvgIpc) is 2.05. The highest BCUT2D eigenvalue weighted by Gasteiger charge is 1.93. The van der Waals surface area contributed by atoms with Crippen LogP contribution in [0.2, 0.25) is 0 Å². The molecule has 0 fully saturated rings. The lowest BCUT2D eigenvalue weighted by Crippen LogP contribution is -2.05. The Labute approximate surface area is 72.6 Å². The van der Waals surface area contributed by atoms with Gasteiger partial charge in [-0.1, -0.05) is 12.1 Å². The Bertz CT molecular complexity index is 264. The van der Waals surface area contributed by atoms with E-state index in [-0.39, 0.29) is 5.91 Å². The number of nitrogens with one attached hydrogen (secondary N) is 1. The third-order valence-corrected chi connectivity index (χ3v) is 1.51. The van der Waals surface area contributed by atoms with Gasteiger partial charge in [-0.25, -0.2) is 0 Å². The van der Waals surface area contributed by atoms with Gasteiger partial charge in [-0.05, 0) is 31.0 Å². The topological polar surface area (TPSA) is 29.1 Å². The van der Waals surface area contributed by atoms with Crippen LogP contribution in [0.3, 0.4) is 0 Å². The number of rotatable bonds is 2. The summed E-state index contributed by atoms with van der Waals surface area (Å²) >= 11 is 0. The maximum atomic E-state index is 10.6. The van der Waals surface area contributed by atoms with Crippen LogP contribution in [-0.2, 0) is 11.2 Å². The number of hydrogen-bond acceptors (Lipinski definition) is 1. The molecule has 1 N–H and O–H groups in total. The molecule has 0 atom stereocenters. The summed E-state index contributed by atoms with van der Waals surface area (Å²) in [6.07, 6.45) is 0.528. The van der Waals surface area contributed by atoms with E-state index in [0.29, 0.717) is 6.42 Å². The molecule has 12 heavy (non-hydrogen) atoms. The molecule has 0 spiro atoms. The molecule has 1 aromatic carbocycles. The summed E-state index contributed by atoms with van der Waals surface area (Å²) in [6.45, 7) is 6.90. The molecule has 0 saturated carbocycles. The Morgan fingerprint density at radius 3 is 2.42 bits per heavy atom. The fraction of sp³-hybridized carbons (Fsp3) is 0.200. The van der Waals surface area contributed by atoms with Gasteiger partial charge in [0, 0.05) is 12.6 Å². The lowest BCUT2D eigenvalue weighted by molar-refractivity contribution is -0.114. The van der Waals surface area contributed by atoms with E-state index < -0.39 is 0 Å². The van der Waals surface area contributed by atoms with Crippen LogP contribution in [0, 0.1) is 6.92 Å². The quantitative estimate of drug-likeness (QED) is 0.705. The number of amides is 1. The third kappa shape index (κ3) is 2.38. The van der Waals surface area contributed by atoms with Gasteiger partial charge < -0.3 is 5.32 Å². The van der Waals surface area contributed by atoms with Gasteiger partial charge in [-0.15, -0.1) is 0 Å². The molecule has 0 aliphatic carbocycles. The average molecular weight is 161 g/mol. The van der Waals surface area contributed by atoms with E-state index in [0.717, 1.165) is 11.3 Å². The predicted molar refractivity (Wildman–Crippen MR) is 48.7 cm³/mol. The van der Waals surface area contributed by atoms with Gasteiger partial charge in [0.15, 0.2) is 0 Å². The zero-order chi connectivity index (χ0) is 8.97. The summed E-state index contributed by atoms with van der Waals surface area (Å²) < 4.78 is 0. The second-order valence-electron chi connectivity index (χ2n) is 2.58. The summed E-state index contributed by atoms with van der Waals surface area (Å²) in [7, 11) is 0. The van der Waals surface area contributed by atoms with E-state index in [1.54, 1.807) is 0 Å². The Morgan fingerprint density at radius 1 is 1.42 bits per heavy atom. The number of carbonyl (C=O) groups excluding carboxylic acids is 1. The molecule has 1 amide bonds. The maximum absolute atomic E-state index is 10.6. The second-order valence-corrected chi connectivity index (χ2v) is 2.58. The van der Waals surface area contributed by atoms with Crippen molar-refractivity contribution < 1.29 is 4.79 Å². The van der Waals surface area contributed by atoms with Gasteiger partial charge in [0.1, 0.15) is 0 Å². The predicted octanol–water partition coefficient (Wildman–Crippen LogP) is 1.90. The summed E-state index contributed by atoms with van der Waals surface area (Å²) in [6, 6.07) is 7.46. The normalized spacial score (nSPS) is 9.50. The first kappa shape index (κ1) is 8.78. The van der Waals surface area contributed by atoms with Gasteiger partial charge in [0.25, 0.3) is 0 Å². The van der Waals surface area contributed by atoms with Crippen LogP contribution in [0.25, 0.3) is 0 Å². The third-order valence-electron chi connectivity index (χ3n) is 1.51. The van der Waals surface area contributed by atoms with Crippen LogP contribution >= 0.6 is 0 Å². The molecule has 1 aromatic rings. The molecule has 0 aliphatic heterocycles. The van der Waals surface area contributed by atoms with E-state index >= 15 is 0 Å². The highest BCUT2D eigenvalue weighted by atomic mass is 16.1. The minimum atomic E-state index is -0.0597. The highest BCUT2D eigenvalue weighted by molar-refractivity contribution is 5.88. The van der Waals surface area contributed by atoms with Gasteiger partial charge in [-0.2, -0.15) is 0 Å². The molecule has 0 bridgehead atoms. The standard InChI is InChI=1S/C10H11NO/c1-3-9-4-6-10(7-5-9)11-8(2)12/h1,4-7H,3H2,2H3,(H,11,12). The first-order valence-corrected chi connectivity index (χ1v) is 3.79. The van der Waals surface area contributed by atoms with Crippen LogP contribution in [0.1, 0.15) is 12.5 Å². The smallest absolute Gasteiger partial charge is 0.221 e. The molecule has 1 rings (SSSR count). The van der Waals surface area contributed by atoms with Crippen molar-refractivity contribution >= 4 is 11.6 Å². The van der Waals surface area contributed by atoms with Crippen molar-refractivity contribution in [3.8, 4) is 0 Å². The SMILES string of the molecule is [CH]Cc1ccc(NC(C)=O)cc1. The zero-order valence-corrected chi connectivity index (χ0v) is 7.00. The molecule has 0 heterocycles. The highest BCUT2D eigenvalue weighted by Crippen LogP contribution is 2.09. The van der Waals surface area contributed by atoms with Gasteiger partial charge in [0.05, 0.1) is 0 Å². The minimum Gasteiger partial charge on any atom is -0.326 e. The van der Waals surface area contributed by atoms with Crippen molar-refractivity contribution in [2.75, 3.05) is 5.32 Å². The lowest BCUT2D eigenvalue weighted by atomic mass is 10.1.